The zero-order chi connectivity index (χ0) is 6.15. The fourth-order valence-corrected chi connectivity index (χ4v) is 1.08. The van der Waals surface area contributed by atoms with E-state index >= 15 is 0 Å². The van der Waals surface area contributed by atoms with Crippen molar-refractivity contribution in [2.75, 3.05) is 0 Å². The molecule has 2 heteroatoms. The van der Waals surface area contributed by atoms with Crippen molar-refractivity contribution in [3.05, 3.63) is 0 Å². The van der Waals surface area contributed by atoms with Gasteiger partial charge in [0, 0.05) is 5.92 Å². The fourth-order valence-electron chi connectivity index (χ4n) is 1.08. The zero-order valence-corrected chi connectivity index (χ0v) is 5.15. The van der Waals surface area contributed by atoms with Crippen molar-refractivity contribution >= 4 is 5.84 Å². The van der Waals surface area contributed by atoms with Crippen molar-refractivity contribution in [1.29, 1.82) is 5.41 Å². The quantitative estimate of drug-likeness (QED) is 0.406. The second kappa shape index (κ2) is 1.77. The molecule has 1 fully saturated rings. The molecular weight excluding hydrogens is 100 g/mol. The van der Waals surface area contributed by atoms with E-state index in [9.17, 15) is 0 Å². The SMILES string of the molecule is CCC1CC1C(=N)N. The van der Waals surface area contributed by atoms with Gasteiger partial charge in [0.25, 0.3) is 0 Å². The maximum absolute atomic E-state index is 7.02. The van der Waals surface area contributed by atoms with Crippen LogP contribution in [0, 0.1) is 17.2 Å². The third-order valence-electron chi connectivity index (χ3n) is 1.85. The molecule has 0 aliphatic heterocycles. The lowest BCUT2D eigenvalue weighted by Crippen LogP contribution is -2.12. The van der Waals surface area contributed by atoms with E-state index in [1.165, 1.54) is 6.42 Å². The van der Waals surface area contributed by atoms with Crippen LogP contribution in [-0.4, -0.2) is 5.84 Å². The Hall–Kier alpha value is -0.530. The summed E-state index contributed by atoms with van der Waals surface area (Å²) in [5, 5.41) is 7.02. The molecule has 0 spiro atoms. The first-order chi connectivity index (χ1) is 3.75. The lowest BCUT2D eigenvalue weighted by atomic mass is 10.2. The summed E-state index contributed by atoms with van der Waals surface area (Å²) in [6, 6.07) is 0. The van der Waals surface area contributed by atoms with Gasteiger partial charge in [-0.2, -0.15) is 0 Å². The van der Waals surface area contributed by atoms with Gasteiger partial charge in [-0.25, -0.2) is 0 Å². The van der Waals surface area contributed by atoms with Gasteiger partial charge < -0.3 is 5.73 Å². The number of nitrogens with one attached hydrogen (secondary N) is 1. The van der Waals surface area contributed by atoms with Gasteiger partial charge in [0.1, 0.15) is 0 Å². The topological polar surface area (TPSA) is 49.9 Å². The lowest BCUT2D eigenvalue weighted by molar-refractivity contribution is 0.765. The molecular formula is C6H12N2. The summed E-state index contributed by atoms with van der Waals surface area (Å²) in [5.41, 5.74) is 5.25. The van der Waals surface area contributed by atoms with Crippen LogP contribution in [0.3, 0.4) is 0 Å². The minimum absolute atomic E-state index is 0.386. The maximum Gasteiger partial charge on any atom is 0.0939 e. The maximum atomic E-state index is 7.02. The van der Waals surface area contributed by atoms with Crippen LogP contribution in [0.5, 0.6) is 0 Å². The Balaban J connectivity index is 2.26. The lowest BCUT2D eigenvalue weighted by Gasteiger charge is -1.89. The Morgan fingerprint density at radius 1 is 1.88 bits per heavy atom. The molecule has 0 aromatic rings. The highest BCUT2D eigenvalue weighted by molar-refractivity contribution is 5.82. The van der Waals surface area contributed by atoms with E-state index in [0.29, 0.717) is 11.8 Å². The van der Waals surface area contributed by atoms with Crippen LogP contribution in [0.25, 0.3) is 0 Å². The molecule has 1 aliphatic rings. The van der Waals surface area contributed by atoms with E-state index in [0.717, 1.165) is 12.3 Å². The molecule has 8 heavy (non-hydrogen) atoms. The first-order valence-electron chi connectivity index (χ1n) is 3.09. The molecule has 1 aliphatic carbocycles. The highest BCUT2D eigenvalue weighted by atomic mass is 14.7. The number of rotatable bonds is 2. The summed E-state index contributed by atoms with van der Waals surface area (Å²) >= 11 is 0. The minimum Gasteiger partial charge on any atom is -0.387 e. The monoisotopic (exact) mass is 112 g/mol. The molecule has 1 saturated carbocycles. The fraction of sp³-hybridized carbons (Fsp3) is 0.833. The Kier molecular flexibility index (Phi) is 1.24. The summed E-state index contributed by atoms with van der Waals surface area (Å²) in [7, 11) is 0. The Morgan fingerprint density at radius 3 is 2.62 bits per heavy atom. The van der Waals surface area contributed by atoms with Crippen molar-refractivity contribution in [3.8, 4) is 0 Å². The molecule has 2 unspecified atom stereocenters. The van der Waals surface area contributed by atoms with Crippen LogP contribution < -0.4 is 5.73 Å². The van der Waals surface area contributed by atoms with E-state index < -0.39 is 0 Å². The first-order valence-corrected chi connectivity index (χ1v) is 3.09. The van der Waals surface area contributed by atoms with Crippen LogP contribution in [0.4, 0.5) is 0 Å². The van der Waals surface area contributed by atoms with Gasteiger partial charge in [0.15, 0.2) is 0 Å². The average molecular weight is 112 g/mol. The molecule has 0 aromatic carbocycles. The molecule has 1 rings (SSSR count). The van der Waals surface area contributed by atoms with Crippen molar-refractivity contribution in [3.63, 3.8) is 0 Å². The Morgan fingerprint density at radius 2 is 2.50 bits per heavy atom. The number of hydrogen-bond donors (Lipinski definition) is 2. The molecule has 46 valence electrons. The molecule has 0 saturated heterocycles. The smallest absolute Gasteiger partial charge is 0.0939 e. The van der Waals surface area contributed by atoms with Crippen LogP contribution in [0.15, 0.2) is 0 Å². The van der Waals surface area contributed by atoms with Gasteiger partial charge in [0.2, 0.25) is 0 Å². The summed E-state index contributed by atoms with van der Waals surface area (Å²) in [6.45, 7) is 2.15. The summed E-state index contributed by atoms with van der Waals surface area (Å²) < 4.78 is 0. The third kappa shape index (κ3) is 0.831. The molecule has 2 nitrogen and oxygen atoms in total. The summed E-state index contributed by atoms with van der Waals surface area (Å²) in [5.74, 6) is 1.57. The number of hydrogen-bond acceptors (Lipinski definition) is 1. The van der Waals surface area contributed by atoms with Crippen LogP contribution >= 0.6 is 0 Å². The van der Waals surface area contributed by atoms with Crippen LogP contribution in [0.1, 0.15) is 19.8 Å². The Labute approximate surface area is 49.6 Å². The van der Waals surface area contributed by atoms with E-state index in [4.69, 9.17) is 11.1 Å². The molecule has 3 N–H and O–H groups in total. The molecule has 0 radical (unpaired) electrons. The first kappa shape index (κ1) is 5.60. The van der Waals surface area contributed by atoms with E-state index in [2.05, 4.69) is 6.92 Å². The molecule has 0 heterocycles. The highest BCUT2D eigenvalue weighted by Crippen LogP contribution is 2.40. The van der Waals surface area contributed by atoms with Crippen LogP contribution in [-0.2, 0) is 0 Å². The average Bonchev–Trinajstić information content (AvgIpc) is 2.42. The third-order valence-corrected chi connectivity index (χ3v) is 1.85. The molecule has 0 amide bonds. The van der Waals surface area contributed by atoms with E-state index in [-0.39, 0.29) is 0 Å². The van der Waals surface area contributed by atoms with Gasteiger partial charge >= 0.3 is 0 Å². The van der Waals surface area contributed by atoms with Crippen molar-refractivity contribution in [2.45, 2.75) is 19.8 Å². The summed E-state index contributed by atoms with van der Waals surface area (Å²) in [4.78, 5) is 0. The number of amidine groups is 1. The Bertz CT molecular complexity index is 109. The minimum atomic E-state index is 0.386. The van der Waals surface area contributed by atoms with Crippen molar-refractivity contribution in [1.82, 2.24) is 0 Å². The standard InChI is InChI=1S/C6H12N2/c1-2-4-3-5(4)6(7)8/h4-5H,2-3H2,1H3,(H3,7,8). The van der Waals surface area contributed by atoms with Gasteiger partial charge in [0.05, 0.1) is 5.84 Å². The van der Waals surface area contributed by atoms with E-state index in [1.54, 1.807) is 0 Å². The highest BCUT2D eigenvalue weighted by Gasteiger charge is 2.37. The zero-order valence-electron chi connectivity index (χ0n) is 5.15. The predicted octanol–water partition coefficient (Wildman–Crippen LogP) is 0.968. The molecule has 0 aromatic heterocycles. The van der Waals surface area contributed by atoms with Crippen LogP contribution in [0.2, 0.25) is 0 Å². The second-order valence-corrected chi connectivity index (χ2v) is 2.47. The van der Waals surface area contributed by atoms with Gasteiger partial charge in [-0.05, 0) is 12.3 Å². The summed E-state index contributed by atoms with van der Waals surface area (Å²) in [6.07, 6.45) is 2.34. The van der Waals surface area contributed by atoms with Gasteiger partial charge in [-0.1, -0.05) is 13.3 Å². The largest absolute Gasteiger partial charge is 0.387 e. The van der Waals surface area contributed by atoms with E-state index in [1.807, 2.05) is 0 Å². The number of nitrogens with two attached hydrogens (primary N) is 1. The molecule has 2 atom stereocenters. The van der Waals surface area contributed by atoms with Crippen molar-refractivity contribution in [2.24, 2.45) is 17.6 Å². The predicted molar refractivity (Wildman–Crippen MR) is 33.8 cm³/mol. The van der Waals surface area contributed by atoms with Gasteiger partial charge in [-0.15, -0.1) is 0 Å². The second-order valence-electron chi connectivity index (χ2n) is 2.47. The van der Waals surface area contributed by atoms with Gasteiger partial charge in [-0.3, -0.25) is 5.41 Å². The van der Waals surface area contributed by atoms with Crippen molar-refractivity contribution < 1.29 is 0 Å². The normalized spacial score (nSPS) is 34.6. The molecule has 0 bridgehead atoms.